The minimum atomic E-state index is -0.610. The first-order valence-electron chi connectivity index (χ1n) is 5.98. The maximum Gasteiger partial charge on any atom is 0.338 e. The lowest BCUT2D eigenvalue weighted by atomic mass is 9.90. The third-order valence-corrected chi connectivity index (χ3v) is 2.64. The molecule has 0 aromatic heterocycles. The van der Waals surface area contributed by atoms with Gasteiger partial charge in [-0.3, -0.25) is 0 Å². The van der Waals surface area contributed by atoms with Crippen LogP contribution in [0.15, 0.2) is 18.2 Å². The van der Waals surface area contributed by atoms with Crippen LogP contribution in [0, 0.1) is 22.6 Å². The van der Waals surface area contributed by atoms with E-state index in [4.69, 9.17) is 15.7 Å². The minimum absolute atomic E-state index is 0.0945. The van der Waals surface area contributed by atoms with Crippen molar-refractivity contribution in [2.45, 2.75) is 26.7 Å². The molecule has 0 spiro atoms. The van der Waals surface area contributed by atoms with Crippen molar-refractivity contribution in [3.63, 3.8) is 0 Å². The predicted molar refractivity (Wildman–Crippen MR) is 69.7 cm³/mol. The van der Waals surface area contributed by atoms with E-state index in [1.54, 1.807) is 0 Å². The molecule has 1 aromatic rings. The molecule has 0 aliphatic heterocycles. The van der Waals surface area contributed by atoms with E-state index in [1.165, 1.54) is 6.07 Å². The fraction of sp³-hybridized carbons (Fsp3) is 0.429. The second kappa shape index (κ2) is 6.19. The highest BCUT2D eigenvalue weighted by Gasteiger charge is 2.16. The minimum Gasteiger partial charge on any atom is -0.462 e. The van der Waals surface area contributed by atoms with Gasteiger partial charge in [-0.05, 0) is 44.9 Å². The quantitative estimate of drug-likeness (QED) is 0.504. The van der Waals surface area contributed by atoms with Crippen molar-refractivity contribution < 1.29 is 13.9 Å². The molecule has 0 unspecified atom stereocenters. The van der Waals surface area contributed by atoms with Gasteiger partial charge in [-0.2, -0.15) is 5.26 Å². The molecule has 1 aromatic carbocycles. The number of nitrogens with zero attached hydrogens (tertiary/aromatic N) is 1. The van der Waals surface area contributed by atoms with Crippen molar-refractivity contribution in [1.82, 2.24) is 0 Å². The van der Waals surface area contributed by atoms with Gasteiger partial charge in [0.2, 0.25) is 0 Å². The maximum atomic E-state index is 13.1. The molecule has 0 fully saturated rings. The number of nitrogen functional groups attached to an aromatic ring is 1. The van der Waals surface area contributed by atoms with Crippen molar-refractivity contribution in [3.8, 4) is 6.07 Å². The lowest BCUT2D eigenvalue weighted by Gasteiger charge is -2.14. The zero-order valence-electron chi connectivity index (χ0n) is 11.1. The third kappa shape index (κ3) is 4.96. The number of esters is 1. The van der Waals surface area contributed by atoms with Crippen LogP contribution in [-0.4, -0.2) is 12.6 Å². The lowest BCUT2D eigenvalue weighted by Crippen LogP contribution is -2.12. The predicted octanol–water partition coefficient (Wildman–Crippen LogP) is 2.89. The van der Waals surface area contributed by atoms with Gasteiger partial charge in [0.25, 0.3) is 0 Å². The van der Waals surface area contributed by atoms with Gasteiger partial charge in [-0.15, -0.1) is 0 Å². The Bertz CT molecular complexity index is 486. The van der Waals surface area contributed by atoms with Gasteiger partial charge in [0, 0.05) is 5.69 Å². The van der Waals surface area contributed by atoms with E-state index in [0.717, 1.165) is 12.1 Å². The molecule has 0 amide bonds. The van der Waals surface area contributed by atoms with Crippen LogP contribution in [0.3, 0.4) is 0 Å². The van der Waals surface area contributed by atoms with Crippen molar-refractivity contribution in [3.05, 3.63) is 29.6 Å². The van der Waals surface area contributed by atoms with Crippen LogP contribution < -0.4 is 5.73 Å². The topological polar surface area (TPSA) is 76.1 Å². The number of ether oxygens (including phenoxy) is 1. The van der Waals surface area contributed by atoms with E-state index < -0.39 is 17.2 Å². The Balaban J connectivity index is 2.46. The third-order valence-electron chi connectivity index (χ3n) is 2.64. The SMILES string of the molecule is CC(C)(C#N)CCCOC(=O)c1cc(N)cc(F)c1. The molecule has 0 radical (unpaired) electrons. The largest absolute Gasteiger partial charge is 0.462 e. The van der Waals surface area contributed by atoms with Crippen molar-refractivity contribution in [2.24, 2.45) is 5.41 Å². The Morgan fingerprint density at radius 3 is 2.74 bits per heavy atom. The summed E-state index contributed by atoms with van der Waals surface area (Å²) in [7, 11) is 0. The molecule has 0 heterocycles. The first-order valence-corrected chi connectivity index (χ1v) is 5.98. The van der Waals surface area contributed by atoms with E-state index in [0.29, 0.717) is 12.8 Å². The van der Waals surface area contributed by atoms with Crippen LogP contribution in [0.5, 0.6) is 0 Å². The molecule has 5 heteroatoms. The molecule has 0 aliphatic rings. The fourth-order valence-corrected chi connectivity index (χ4v) is 1.55. The number of nitriles is 1. The van der Waals surface area contributed by atoms with Crippen molar-refractivity contribution >= 4 is 11.7 Å². The molecule has 102 valence electrons. The Labute approximate surface area is 112 Å². The van der Waals surface area contributed by atoms with Gasteiger partial charge in [-0.25, -0.2) is 9.18 Å². The highest BCUT2D eigenvalue weighted by Crippen LogP contribution is 2.20. The number of anilines is 1. The second-order valence-corrected chi connectivity index (χ2v) is 5.01. The summed E-state index contributed by atoms with van der Waals surface area (Å²) in [5.41, 5.74) is 5.28. The Morgan fingerprint density at radius 1 is 1.47 bits per heavy atom. The molecule has 0 aliphatic carbocycles. The van der Waals surface area contributed by atoms with E-state index in [1.807, 2.05) is 13.8 Å². The molecule has 1 rings (SSSR count). The van der Waals surface area contributed by atoms with Gasteiger partial charge < -0.3 is 10.5 Å². The molecular formula is C14H17FN2O2. The van der Waals surface area contributed by atoms with E-state index >= 15 is 0 Å². The summed E-state index contributed by atoms with van der Waals surface area (Å²) in [5, 5.41) is 8.83. The number of nitrogens with two attached hydrogens (primary N) is 1. The van der Waals surface area contributed by atoms with Crippen molar-refractivity contribution in [2.75, 3.05) is 12.3 Å². The number of carbonyl (C=O) groups excluding carboxylic acids is 1. The number of hydrogen-bond acceptors (Lipinski definition) is 4. The Hall–Kier alpha value is -2.09. The fourth-order valence-electron chi connectivity index (χ4n) is 1.55. The number of halogens is 1. The smallest absolute Gasteiger partial charge is 0.338 e. The summed E-state index contributed by atoms with van der Waals surface area (Å²) in [6.45, 7) is 3.84. The highest BCUT2D eigenvalue weighted by atomic mass is 19.1. The number of hydrogen-bond donors (Lipinski definition) is 1. The second-order valence-electron chi connectivity index (χ2n) is 5.01. The first-order chi connectivity index (χ1) is 8.84. The van der Waals surface area contributed by atoms with Crippen molar-refractivity contribution in [1.29, 1.82) is 5.26 Å². The molecular weight excluding hydrogens is 247 g/mol. The van der Waals surface area contributed by atoms with E-state index in [2.05, 4.69) is 6.07 Å². The zero-order chi connectivity index (χ0) is 14.5. The summed E-state index contributed by atoms with van der Waals surface area (Å²) in [5.74, 6) is -1.18. The van der Waals surface area contributed by atoms with E-state index in [-0.39, 0.29) is 17.9 Å². The normalized spacial score (nSPS) is 10.8. The molecule has 0 bridgehead atoms. The average Bonchev–Trinajstić information content (AvgIpc) is 2.33. The van der Waals surface area contributed by atoms with Gasteiger partial charge in [0.15, 0.2) is 0 Å². The van der Waals surface area contributed by atoms with Crippen LogP contribution >= 0.6 is 0 Å². The maximum absolute atomic E-state index is 13.1. The summed E-state index contributed by atoms with van der Waals surface area (Å²) in [4.78, 5) is 11.6. The van der Waals surface area contributed by atoms with Crippen LogP contribution in [0.4, 0.5) is 10.1 Å². The number of benzene rings is 1. The van der Waals surface area contributed by atoms with Gasteiger partial charge >= 0.3 is 5.97 Å². The molecule has 19 heavy (non-hydrogen) atoms. The molecule has 4 nitrogen and oxygen atoms in total. The summed E-state index contributed by atoms with van der Waals surface area (Å²) < 4.78 is 18.1. The van der Waals surface area contributed by atoms with E-state index in [9.17, 15) is 9.18 Å². The molecule has 0 saturated heterocycles. The Morgan fingerprint density at radius 2 is 2.16 bits per heavy atom. The van der Waals surface area contributed by atoms with Crippen LogP contribution in [0.25, 0.3) is 0 Å². The summed E-state index contributed by atoms with van der Waals surface area (Å²) in [6.07, 6.45) is 1.21. The Kier molecular flexibility index (Phi) is 4.87. The average molecular weight is 264 g/mol. The van der Waals surface area contributed by atoms with Gasteiger partial charge in [0.1, 0.15) is 5.82 Å². The first kappa shape index (κ1) is 15.0. The van der Waals surface area contributed by atoms with Crippen LogP contribution in [0.2, 0.25) is 0 Å². The van der Waals surface area contributed by atoms with Gasteiger partial charge in [0.05, 0.1) is 23.7 Å². The summed E-state index contributed by atoms with van der Waals surface area (Å²) in [6, 6.07) is 5.75. The number of rotatable bonds is 5. The molecule has 0 saturated carbocycles. The summed E-state index contributed by atoms with van der Waals surface area (Å²) >= 11 is 0. The molecule has 0 atom stereocenters. The van der Waals surface area contributed by atoms with Gasteiger partial charge in [-0.1, -0.05) is 0 Å². The standard InChI is InChI=1S/C14H17FN2O2/c1-14(2,9-16)4-3-5-19-13(18)10-6-11(15)8-12(17)7-10/h6-8H,3-5,17H2,1-2H3. The number of carbonyl (C=O) groups is 1. The monoisotopic (exact) mass is 264 g/mol. The lowest BCUT2D eigenvalue weighted by molar-refractivity contribution is 0.0490. The highest BCUT2D eigenvalue weighted by molar-refractivity contribution is 5.90. The van der Waals surface area contributed by atoms with Crippen LogP contribution in [-0.2, 0) is 4.74 Å². The zero-order valence-corrected chi connectivity index (χ0v) is 11.1. The molecule has 2 N–H and O–H groups in total. The van der Waals surface area contributed by atoms with Crippen LogP contribution in [0.1, 0.15) is 37.0 Å².